The molecule has 1 heterocycles. The first-order valence-electron chi connectivity index (χ1n) is 11.9. The summed E-state index contributed by atoms with van der Waals surface area (Å²) in [6.45, 7) is 0.710. The van der Waals surface area contributed by atoms with Crippen LogP contribution in [-0.2, 0) is 24.3 Å². The summed E-state index contributed by atoms with van der Waals surface area (Å²) < 4.78 is 32.8. The molecule has 5 aliphatic rings. The second kappa shape index (κ2) is 8.45. The van der Waals surface area contributed by atoms with Crippen molar-refractivity contribution in [1.29, 1.82) is 0 Å². The number of hydrogen-bond acceptors (Lipinski definition) is 5. The van der Waals surface area contributed by atoms with Gasteiger partial charge in [-0.3, -0.25) is 9.59 Å². The minimum absolute atomic E-state index is 0.169. The van der Waals surface area contributed by atoms with Crippen molar-refractivity contribution in [3.63, 3.8) is 0 Å². The molecule has 0 atom stereocenters. The fourth-order valence-corrected chi connectivity index (χ4v) is 8.39. The molecule has 1 aromatic rings. The fraction of sp³-hybridized carbons (Fsp3) is 0.667. The zero-order valence-electron chi connectivity index (χ0n) is 18.4. The van der Waals surface area contributed by atoms with Crippen LogP contribution in [0, 0.1) is 23.2 Å². The Kier molecular flexibility index (Phi) is 5.78. The van der Waals surface area contributed by atoms with Crippen LogP contribution in [0.2, 0.25) is 0 Å². The predicted octanol–water partition coefficient (Wildman–Crippen LogP) is 3.56. The van der Waals surface area contributed by atoms with Crippen LogP contribution >= 0.6 is 0 Å². The fourth-order valence-electron chi connectivity index (χ4n) is 6.83. The zero-order chi connectivity index (χ0) is 22.3. The third-order valence-electron chi connectivity index (χ3n) is 7.88. The summed E-state index contributed by atoms with van der Waals surface area (Å²) in [6, 6.07) is 6.29. The van der Waals surface area contributed by atoms with Gasteiger partial charge in [0.2, 0.25) is 10.0 Å². The third kappa shape index (κ3) is 4.19. The molecule has 4 saturated carbocycles. The Labute approximate surface area is 189 Å². The number of ether oxygens (including phenoxy) is 1. The van der Waals surface area contributed by atoms with E-state index in [-0.39, 0.29) is 17.5 Å². The van der Waals surface area contributed by atoms with Gasteiger partial charge < -0.3 is 10.1 Å². The summed E-state index contributed by atoms with van der Waals surface area (Å²) in [4.78, 5) is 25.6. The molecule has 174 valence electrons. The first-order chi connectivity index (χ1) is 15.3. The average Bonchev–Trinajstić information content (AvgIpc) is 2.77. The first kappa shape index (κ1) is 21.9. The Morgan fingerprint density at radius 2 is 1.62 bits per heavy atom. The van der Waals surface area contributed by atoms with Crippen molar-refractivity contribution in [2.75, 3.05) is 25.0 Å². The lowest BCUT2D eigenvalue weighted by Gasteiger charge is -2.55. The van der Waals surface area contributed by atoms with Crippen molar-refractivity contribution in [3.05, 3.63) is 24.3 Å². The molecule has 1 aromatic carbocycles. The van der Waals surface area contributed by atoms with Crippen molar-refractivity contribution in [2.45, 2.75) is 62.7 Å². The van der Waals surface area contributed by atoms with E-state index in [1.165, 1.54) is 29.6 Å². The molecular formula is C24H32N2O5S. The van der Waals surface area contributed by atoms with Crippen LogP contribution in [-0.4, -0.2) is 44.3 Å². The maximum atomic E-state index is 12.9. The van der Waals surface area contributed by atoms with Crippen LogP contribution in [0.5, 0.6) is 0 Å². The number of carbonyl (C=O) groups excluding carboxylic acids is 2. The average molecular weight is 461 g/mol. The maximum absolute atomic E-state index is 12.9. The minimum Gasteiger partial charge on any atom is -0.455 e. The van der Waals surface area contributed by atoms with Crippen LogP contribution in [0.3, 0.4) is 0 Å². The number of nitrogens with zero attached hydrogens (tertiary/aromatic N) is 1. The number of esters is 1. The number of anilines is 1. The number of rotatable bonds is 6. The Hall–Kier alpha value is -1.93. The second-order valence-electron chi connectivity index (χ2n) is 10.3. The lowest BCUT2D eigenvalue weighted by molar-refractivity contribution is -0.172. The van der Waals surface area contributed by atoms with Crippen molar-refractivity contribution < 1.29 is 22.7 Å². The van der Waals surface area contributed by atoms with Crippen LogP contribution in [0.4, 0.5) is 5.69 Å². The molecule has 32 heavy (non-hydrogen) atoms. The molecule has 6 rings (SSSR count). The summed E-state index contributed by atoms with van der Waals surface area (Å²) >= 11 is 0. The van der Waals surface area contributed by atoms with E-state index in [0.717, 1.165) is 38.5 Å². The van der Waals surface area contributed by atoms with E-state index in [0.29, 0.717) is 36.5 Å². The summed E-state index contributed by atoms with van der Waals surface area (Å²) in [5, 5.41) is 2.69. The van der Waals surface area contributed by atoms with Crippen LogP contribution in [0.25, 0.3) is 0 Å². The number of amides is 1. The first-order valence-corrected chi connectivity index (χ1v) is 13.4. The summed E-state index contributed by atoms with van der Waals surface area (Å²) in [5.41, 5.74) is -0.00350. The molecule has 7 nitrogen and oxygen atoms in total. The highest BCUT2D eigenvalue weighted by atomic mass is 32.2. The number of nitrogens with one attached hydrogen (secondary N) is 1. The summed E-state index contributed by atoms with van der Waals surface area (Å²) in [7, 11) is -3.58. The number of benzene rings is 1. The standard InChI is InChI=1S/C24H32N2O5S/c27-22(16-31-23(28)24-13-17-9-18(14-24)11-19(10-17)15-24)25-20-5-4-6-21(12-20)32(29,30)26-7-2-1-3-8-26/h4-6,12,17-19H,1-3,7-11,13-16H2,(H,25,27). The number of carbonyl (C=O) groups is 2. The smallest absolute Gasteiger partial charge is 0.312 e. The Morgan fingerprint density at radius 1 is 1.00 bits per heavy atom. The number of piperidine rings is 1. The summed E-state index contributed by atoms with van der Waals surface area (Å²) in [6.07, 6.45) is 9.19. The Bertz CT molecular complexity index is 964. The van der Waals surface area contributed by atoms with Gasteiger partial charge in [0.25, 0.3) is 5.91 Å². The molecule has 1 saturated heterocycles. The van der Waals surface area contributed by atoms with Gasteiger partial charge in [-0.2, -0.15) is 4.31 Å². The van der Waals surface area contributed by atoms with Crippen molar-refractivity contribution >= 4 is 27.6 Å². The van der Waals surface area contributed by atoms with Gasteiger partial charge in [-0.05, 0) is 87.3 Å². The number of hydrogen-bond donors (Lipinski definition) is 1. The van der Waals surface area contributed by atoms with Gasteiger partial charge in [-0.15, -0.1) is 0 Å². The zero-order valence-corrected chi connectivity index (χ0v) is 19.2. The van der Waals surface area contributed by atoms with E-state index in [2.05, 4.69) is 5.32 Å². The molecule has 0 radical (unpaired) electrons. The van der Waals surface area contributed by atoms with E-state index >= 15 is 0 Å². The molecule has 0 unspecified atom stereocenters. The molecule has 0 spiro atoms. The molecule has 1 amide bonds. The Morgan fingerprint density at radius 3 is 2.25 bits per heavy atom. The van der Waals surface area contributed by atoms with E-state index < -0.39 is 21.3 Å². The van der Waals surface area contributed by atoms with Crippen molar-refractivity contribution in [2.24, 2.45) is 23.2 Å². The van der Waals surface area contributed by atoms with Crippen molar-refractivity contribution in [1.82, 2.24) is 4.31 Å². The second-order valence-corrected chi connectivity index (χ2v) is 12.3. The van der Waals surface area contributed by atoms with Crippen LogP contribution in [0.1, 0.15) is 57.8 Å². The SMILES string of the molecule is O=C(COC(=O)C12CC3CC(CC(C3)C1)C2)Nc1cccc(S(=O)(=O)N2CCCCC2)c1. The van der Waals surface area contributed by atoms with E-state index in [4.69, 9.17) is 4.74 Å². The van der Waals surface area contributed by atoms with Gasteiger partial charge in [-0.1, -0.05) is 12.5 Å². The lowest BCUT2D eigenvalue weighted by Crippen LogP contribution is -2.50. The molecule has 4 aliphatic carbocycles. The molecule has 8 heteroatoms. The quantitative estimate of drug-likeness (QED) is 0.656. The van der Waals surface area contributed by atoms with Crippen LogP contribution < -0.4 is 5.32 Å². The van der Waals surface area contributed by atoms with Gasteiger partial charge >= 0.3 is 5.97 Å². The number of sulfonamides is 1. The van der Waals surface area contributed by atoms with E-state index in [1.54, 1.807) is 18.2 Å². The highest BCUT2D eigenvalue weighted by Gasteiger charge is 2.55. The van der Waals surface area contributed by atoms with Gasteiger partial charge in [0.05, 0.1) is 10.3 Å². The molecular weight excluding hydrogens is 428 g/mol. The molecule has 0 aromatic heterocycles. The molecule has 1 aliphatic heterocycles. The highest BCUT2D eigenvalue weighted by molar-refractivity contribution is 7.89. The van der Waals surface area contributed by atoms with E-state index in [1.807, 2.05) is 0 Å². The summed E-state index contributed by atoms with van der Waals surface area (Å²) in [5.74, 6) is 1.22. The van der Waals surface area contributed by atoms with Gasteiger partial charge in [-0.25, -0.2) is 8.42 Å². The monoisotopic (exact) mass is 460 g/mol. The molecule has 1 N–H and O–H groups in total. The third-order valence-corrected chi connectivity index (χ3v) is 9.77. The van der Waals surface area contributed by atoms with Gasteiger partial charge in [0.1, 0.15) is 0 Å². The lowest BCUT2D eigenvalue weighted by atomic mass is 9.49. The van der Waals surface area contributed by atoms with Crippen molar-refractivity contribution in [3.8, 4) is 0 Å². The molecule has 4 bridgehead atoms. The Balaban J connectivity index is 1.19. The normalized spacial score (nSPS) is 31.9. The van der Waals surface area contributed by atoms with E-state index in [9.17, 15) is 18.0 Å². The largest absolute Gasteiger partial charge is 0.455 e. The van der Waals surface area contributed by atoms with Gasteiger partial charge in [0.15, 0.2) is 6.61 Å². The maximum Gasteiger partial charge on any atom is 0.312 e. The van der Waals surface area contributed by atoms with Crippen LogP contribution in [0.15, 0.2) is 29.2 Å². The molecule has 5 fully saturated rings. The topological polar surface area (TPSA) is 92.8 Å². The highest BCUT2D eigenvalue weighted by Crippen LogP contribution is 2.60. The minimum atomic E-state index is -3.58. The predicted molar refractivity (Wildman–Crippen MR) is 119 cm³/mol. The van der Waals surface area contributed by atoms with Gasteiger partial charge in [0, 0.05) is 18.8 Å².